The molecule has 1 N–H and O–H groups in total. The second kappa shape index (κ2) is 5.55. The van der Waals surface area contributed by atoms with Crippen LogP contribution in [0.1, 0.15) is 27.9 Å². The maximum atomic E-state index is 13.9. The fraction of sp³-hybridized carbons (Fsp3) is 0.167. The van der Waals surface area contributed by atoms with E-state index in [9.17, 15) is 19.1 Å². The second-order valence-corrected chi connectivity index (χ2v) is 5.57. The molecule has 1 unspecified atom stereocenters. The van der Waals surface area contributed by atoms with Crippen LogP contribution in [0.3, 0.4) is 0 Å². The number of benzene rings is 2. The third-order valence-electron chi connectivity index (χ3n) is 4.18. The first-order chi connectivity index (χ1) is 11.4. The fourth-order valence-electron chi connectivity index (χ4n) is 2.89. The molecule has 0 fully saturated rings. The van der Waals surface area contributed by atoms with Crippen LogP contribution in [0, 0.1) is 24.1 Å². The van der Waals surface area contributed by atoms with Gasteiger partial charge in [-0.15, -0.1) is 0 Å². The molecule has 24 heavy (non-hydrogen) atoms. The van der Waals surface area contributed by atoms with Gasteiger partial charge < -0.3 is 5.11 Å². The minimum absolute atomic E-state index is 0.0517. The molecule has 1 atom stereocenters. The average Bonchev–Trinajstić information content (AvgIpc) is 2.57. The molecule has 1 aliphatic rings. The van der Waals surface area contributed by atoms with Gasteiger partial charge in [-0.2, -0.15) is 5.26 Å². The summed E-state index contributed by atoms with van der Waals surface area (Å²) in [5.74, 6) is -2.19. The van der Waals surface area contributed by atoms with Crippen LogP contribution < -0.4 is 4.90 Å². The zero-order valence-corrected chi connectivity index (χ0v) is 12.8. The highest BCUT2D eigenvalue weighted by Crippen LogP contribution is 2.38. The minimum atomic E-state index is -2.15. The molecule has 2 aromatic carbocycles. The van der Waals surface area contributed by atoms with E-state index in [1.54, 1.807) is 18.2 Å². The lowest BCUT2D eigenvalue weighted by Gasteiger charge is -2.37. The summed E-state index contributed by atoms with van der Waals surface area (Å²) < 4.78 is 13.9. The van der Waals surface area contributed by atoms with E-state index in [1.807, 2.05) is 0 Å². The Labute approximate surface area is 137 Å². The van der Waals surface area contributed by atoms with Crippen molar-refractivity contribution >= 4 is 17.5 Å². The number of halogens is 1. The number of nitrogens with zero attached hydrogens (tertiary/aromatic N) is 2. The molecule has 0 radical (unpaired) electrons. The third kappa shape index (κ3) is 2.10. The summed E-state index contributed by atoms with van der Waals surface area (Å²) in [5, 5.41) is 19.9. The van der Waals surface area contributed by atoms with Crippen molar-refractivity contribution in [3.05, 3.63) is 65.0 Å². The third-order valence-corrected chi connectivity index (χ3v) is 4.18. The van der Waals surface area contributed by atoms with Gasteiger partial charge in [-0.3, -0.25) is 9.59 Å². The van der Waals surface area contributed by atoms with Crippen molar-refractivity contribution in [2.45, 2.75) is 18.9 Å². The Morgan fingerprint density at radius 1 is 1.21 bits per heavy atom. The molecule has 120 valence electrons. The van der Waals surface area contributed by atoms with Gasteiger partial charge in [-0.1, -0.05) is 24.3 Å². The van der Waals surface area contributed by atoms with E-state index in [2.05, 4.69) is 0 Å². The highest BCUT2D eigenvalue weighted by Gasteiger charge is 2.50. The molecule has 1 heterocycles. The van der Waals surface area contributed by atoms with E-state index in [0.717, 1.165) is 4.90 Å². The van der Waals surface area contributed by atoms with Crippen LogP contribution in [0.15, 0.2) is 42.5 Å². The summed E-state index contributed by atoms with van der Waals surface area (Å²) in [6.45, 7) is 1.44. The molecule has 0 aliphatic carbocycles. The number of aliphatic hydroxyl groups is 1. The Balaban J connectivity index is 2.27. The van der Waals surface area contributed by atoms with Crippen molar-refractivity contribution in [2.75, 3.05) is 4.90 Å². The first-order valence-electron chi connectivity index (χ1n) is 7.24. The summed E-state index contributed by atoms with van der Waals surface area (Å²) in [7, 11) is 0. The Morgan fingerprint density at radius 2 is 1.92 bits per heavy atom. The Bertz CT molecular complexity index is 903. The highest BCUT2D eigenvalue weighted by molar-refractivity contribution is 6.27. The van der Waals surface area contributed by atoms with Crippen LogP contribution in [0.25, 0.3) is 0 Å². The number of hydrogen-bond acceptors (Lipinski definition) is 4. The van der Waals surface area contributed by atoms with Crippen molar-refractivity contribution in [3.8, 4) is 6.07 Å². The zero-order valence-electron chi connectivity index (χ0n) is 12.8. The van der Waals surface area contributed by atoms with Crippen LogP contribution in [-0.2, 0) is 10.4 Å². The summed E-state index contributed by atoms with van der Waals surface area (Å²) in [6, 6.07) is 11.9. The van der Waals surface area contributed by atoms with E-state index >= 15 is 0 Å². The molecule has 1 aliphatic heterocycles. The lowest BCUT2D eigenvalue weighted by molar-refractivity contribution is -0.137. The van der Waals surface area contributed by atoms with E-state index in [0.29, 0.717) is 0 Å². The number of hydrogen-bond donors (Lipinski definition) is 1. The molecule has 0 saturated heterocycles. The maximum absolute atomic E-state index is 13.9. The second-order valence-electron chi connectivity index (χ2n) is 5.57. The predicted molar refractivity (Wildman–Crippen MR) is 83.5 cm³/mol. The number of anilines is 1. The molecular weight excluding hydrogens is 311 g/mol. The lowest BCUT2D eigenvalue weighted by atomic mass is 9.82. The molecule has 3 rings (SSSR count). The lowest BCUT2D eigenvalue weighted by Crippen LogP contribution is -2.55. The van der Waals surface area contributed by atoms with Crippen molar-refractivity contribution in [1.29, 1.82) is 5.26 Å². The van der Waals surface area contributed by atoms with Crippen LogP contribution in [0.4, 0.5) is 10.1 Å². The van der Waals surface area contributed by atoms with Gasteiger partial charge in [0.2, 0.25) is 0 Å². The molecule has 0 bridgehead atoms. The number of imide groups is 1. The Morgan fingerprint density at radius 3 is 2.62 bits per heavy atom. The number of amides is 2. The molecule has 0 saturated carbocycles. The van der Waals surface area contributed by atoms with Crippen molar-refractivity contribution in [2.24, 2.45) is 0 Å². The number of carbonyl (C=O) groups is 2. The number of rotatable bonds is 2. The average molecular weight is 324 g/mol. The van der Waals surface area contributed by atoms with Crippen LogP contribution in [-0.4, -0.2) is 16.9 Å². The van der Waals surface area contributed by atoms with E-state index < -0.39 is 29.7 Å². The predicted octanol–water partition coefficient (Wildman–Crippen LogP) is 2.42. The Kier molecular flexibility index (Phi) is 3.66. The van der Waals surface area contributed by atoms with Gasteiger partial charge in [0, 0.05) is 16.7 Å². The van der Waals surface area contributed by atoms with Gasteiger partial charge in [-0.05, 0) is 25.1 Å². The smallest absolute Gasteiger partial charge is 0.271 e. The zero-order chi connectivity index (χ0) is 17.5. The molecular formula is C18H13FN2O3. The molecule has 0 spiro atoms. The van der Waals surface area contributed by atoms with Gasteiger partial charge >= 0.3 is 0 Å². The maximum Gasteiger partial charge on any atom is 0.271 e. The Hall–Kier alpha value is -3.04. The van der Waals surface area contributed by atoms with Gasteiger partial charge in [0.25, 0.3) is 11.8 Å². The van der Waals surface area contributed by atoms with Crippen LogP contribution >= 0.6 is 0 Å². The van der Waals surface area contributed by atoms with Gasteiger partial charge in [-0.25, -0.2) is 9.29 Å². The van der Waals surface area contributed by atoms with Gasteiger partial charge in [0.15, 0.2) is 5.60 Å². The van der Waals surface area contributed by atoms with Crippen molar-refractivity contribution in [1.82, 2.24) is 0 Å². The largest absolute Gasteiger partial charge is 0.374 e. The normalized spacial score (nSPS) is 19.8. The summed E-state index contributed by atoms with van der Waals surface area (Å²) in [5.41, 5.74) is -1.79. The number of nitriles is 1. The standard InChI is InChI=1S/C18H13FN2O3/c1-11-14(19)7-4-8-15(11)21-16(22)12-5-2-3-6-13(12)18(24,9-10-20)17(21)23/h2-8,24H,9H2,1H3. The van der Waals surface area contributed by atoms with Crippen molar-refractivity contribution in [3.63, 3.8) is 0 Å². The van der Waals surface area contributed by atoms with E-state index in [1.165, 1.54) is 37.3 Å². The van der Waals surface area contributed by atoms with Gasteiger partial charge in [0.05, 0.1) is 18.2 Å². The van der Waals surface area contributed by atoms with Crippen molar-refractivity contribution < 1.29 is 19.1 Å². The molecule has 2 amide bonds. The van der Waals surface area contributed by atoms with Crippen LogP contribution in [0.5, 0.6) is 0 Å². The SMILES string of the molecule is Cc1c(F)cccc1N1C(=O)c2ccccc2C(O)(CC#N)C1=O. The first kappa shape index (κ1) is 15.8. The highest BCUT2D eigenvalue weighted by atomic mass is 19.1. The molecule has 6 heteroatoms. The summed E-state index contributed by atoms with van der Waals surface area (Å²) in [6.07, 6.45) is -0.513. The first-order valence-corrected chi connectivity index (χ1v) is 7.24. The van der Waals surface area contributed by atoms with E-state index in [-0.39, 0.29) is 22.4 Å². The monoisotopic (exact) mass is 324 g/mol. The molecule has 2 aromatic rings. The summed E-state index contributed by atoms with van der Waals surface area (Å²) in [4.78, 5) is 26.4. The molecule has 0 aromatic heterocycles. The minimum Gasteiger partial charge on any atom is -0.374 e. The molecule has 5 nitrogen and oxygen atoms in total. The number of carbonyl (C=O) groups excluding carboxylic acids is 2. The topological polar surface area (TPSA) is 81.4 Å². The van der Waals surface area contributed by atoms with Crippen LogP contribution in [0.2, 0.25) is 0 Å². The quantitative estimate of drug-likeness (QED) is 0.860. The number of fused-ring (bicyclic) bond motifs is 1. The summed E-state index contributed by atoms with van der Waals surface area (Å²) >= 11 is 0. The van der Waals surface area contributed by atoms with Gasteiger partial charge in [0.1, 0.15) is 5.82 Å². The van der Waals surface area contributed by atoms with E-state index in [4.69, 9.17) is 5.26 Å². The fourth-order valence-corrected chi connectivity index (χ4v) is 2.89.